The molecule has 0 bridgehead atoms. The minimum Gasteiger partial charge on any atom is -0.481 e. The molecule has 0 spiro atoms. The van der Waals surface area contributed by atoms with Gasteiger partial charge in [-0.05, 0) is 18.4 Å². The van der Waals surface area contributed by atoms with Gasteiger partial charge in [0, 0.05) is 6.04 Å². The van der Waals surface area contributed by atoms with E-state index in [0.29, 0.717) is 12.8 Å². The second-order valence-corrected chi connectivity index (χ2v) is 4.69. The summed E-state index contributed by atoms with van der Waals surface area (Å²) < 4.78 is 5.08. The lowest BCUT2D eigenvalue weighted by Gasteiger charge is -2.17. The first-order valence-corrected chi connectivity index (χ1v) is 6.37. The van der Waals surface area contributed by atoms with Crippen LogP contribution in [0.3, 0.4) is 0 Å². The molecule has 102 valence electrons. The molecule has 1 amide bonds. The molecular weight excluding hydrogens is 246 g/mol. The number of carbonyl (C=O) groups excluding carboxylic acids is 1. The van der Waals surface area contributed by atoms with Gasteiger partial charge in [-0.15, -0.1) is 0 Å². The molecule has 5 nitrogen and oxygen atoms in total. The van der Waals surface area contributed by atoms with Gasteiger partial charge in [0.1, 0.15) is 6.61 Å². The molecule has 1 aliphatic rings. The number of hydrogen-bond donors (Lipinski definition) is 2. The number of amides is 1. The Labute approximate surface area is 111 Å². The van der Waals surface area contributed by atoms with E-state index in [0.717, 1.165) is 12.0 Å². The predicted octanol–water partition coefficient (Wildman–Crippen LogP) is 2.17. The fraction of sp³-hybridized carbons (Fsp3) is 0.429. The number of carbonyl (C=O) groups is 2. The summed E-state index contributed by atoms with van der Waals surface area (Å²) >= 11 is 0. The van der Waals surface area contributed by atoms with Crippen molar-refractivity contribution in [3.63, 3.8) is 0 Å². The SMILES string of the molecule is O=C(NC1CCCC1C(=O)O)OCc1ccccc1. The van der Waals surface area contributed by atoms with Gasteiger partial charge in [-0.2, -0.15) is 0 Å². The lowest BCUT2D eigenvalue weighted by Crippen LogP contribution is -2.40. The van der Waals surface area contributed by atoms with E-state index < -0.39 is 18.0 Å². The zero-order chi connectivity index (χ0) is 13.7. The number of benzene rings is 1. The summed E-state index contributed by atoms with van der Waals surface area (Å²) in [5.41, 5.74) is 0.902. The highest BCUT2D eigenvalue weighted by molar-refractivity contribution is 5.74. The number of rotatable bonds is 4. The first kappa shape index (κ1) is 13.4. The van der Waals surface area contributed by atoms with Crippen molar-refractivity contribution in [2.24, 2.45) is 5.92 Å². The topological polar surface area (TPSA) is 75.6 Å². The van der Waals surface area contributed by atoms with Crippen molar-refractivity contribution in [2.75, 3.05) is 0 Å². The van der Waals surface area contributed by atoms with E-state index in [-0.39, 0.29) is 12.6 Å². The highest BCUT2D eigenvalue weighted by atomic mass is 16.5. The molecule has 2 unspecified atom stereocenters. The second-order valence-electron chi connectivity index (χ2n) is 4.69. The molecule has 0 heterocycles. The number of nitrogens with one attached hydrogen (secondary N) is 1. The summed E-state index contributed by atoms with van der Waals surface area (Å²) in [6, 6.07) is 9.04. The third-order valence-corrected chi connectivity index (χ3v) is 3.35. The second kappa shape index (κ2) is 6.22. The Bertz CT molecular complexity index is 446. The van der Waals surface area contributed by atoms with Crippen LogP contribution in [0.25, 0.3) is 0 Å². The fourth-order valence-corrected chi connectivity index (χ4v) is 2.34. The summed E-state index contributed by atoms with van der Waals surface area (Å²) in [4.78, 5) is 22.6. The molecule has 1 aromatic carbocycles. The molecule has 1 aliphatic carbocycles. The van der Waals surface area contributed by atoms with E-state index in [4.69, 9.17) is 9.84 Å². The van der Waals surface area contributed by atoms with Gasteiger partial charge in [-0.25, -0.2) is 4.79 Å². The third-order valence-electron chi connectivity index (χ3n) is 3.35. The molecule has 0 radical (unpaired) electrons. The van der Waals surface area contributed by atoms with Gasteiger partial charge in [0.25, 0.3) is 0 Å². The van der Waals surface area contributed by atoms with Crippen LogP contribution >= 0.6 is 0 Å². The molecule has 0 aliphatic heterocycles. The van der Waals surface area contributed by atoms with Crippen molar-refractivity contribution >= 4 is 12.1 Å². The van der Waals surface area contributed by atoms with Crippen molar-refractivity contribution in [2.45, 2.75) is 31.9 Å². The Balaban J connectivity index is 1.80. The van der Waals surface area contributed by atoms with E-state index in [2.05, 4.69) is 5.32 Å². The van der Waals surface area contributed by atoms with Gasteiger partial charge in [0.05, 0.1) is 5.92 Å². The fourth-order valence-electron chi connectivity index (χ4n) is 2.34. The van der Waals surface area contributed by atoms with Gasteiger partial charge in [0.15, 0.2) is 0 Å². The van der Waals surface area contributed by atoms with Crippen molar-refractivity contribution < 1.29 is 19.4 Å². The zero-order valence-electron chi connectivity index (χ0n) is 10.5. The van der Waals surface area contributed by atoms with Gasteiger partial charge in [-0.1, -0.05) is 36.8 Å². The Kier molecular flexibility index (Phi) is 4.39. The molecule has 0 saturated heterocycles. The van der Waals surface area contributed by atoms with Gasteiger partial charge < -0.3 is 15.2 Å². The number of carboxylic acid groups (broad SMARTS) is 1. The van der Waals surface area contributed by atoms with Gasteiger partial charge in [0.2, 0.25) is 0 Å². The summed E-state index contributed by atoms with van der Waals surface area (Å²) in [7, 11) is 0. The summed E-state index contributed by atoms with van der Waals surface area (Å²) in [6.07, 6.45) is 1.57. The van der Waals surface area contributed by atoms with Crippen LogP contribution in [0.2, 0.25) is 0 Å². The number of hydrogen-bond acceptors (Lipinski definition) is 3. The highest BCUT2D eigenvalue weighted by Gasteiger charge is 2.34. The lowest BCUT2D eigenvalue weighted by atomic mass is 10.0. The predicted molar refractivity (Wildman–Crippen MR) is 68.5 cm³/mol. The first-order chi connectivity index (χ1) is 9.16. The van der Waals surface area contributed by atoms with E-state index in [1.54, 1.807) is 0 Å². The summed E-state index contributed by atoms with van der Waals surface area (Å²) in [6.45, 7) is 0.192. The minimum atomic E-state index is -0.856. The molecule has 1 fully saturated rings. The van der Waals surface area contributed by atoms with Gasteiger partial charge >= 0.3 is 12.1 Å². The monoisotopic (exact) mass is 263 g/mol. The third kappa shape index (κ3) is 3.71. The summed E-state index contributed by atoms with van der Waals surface area (Å²) in [5.74, 6) is -1.35. The van der Waals surface area contributed by atoms with Crippen molar-refractivity contribution in [1.82, 2.24) is 5.32 Å². The van der Waals surface area contributed by atoms with Crippen LogP contribution in [-0.2, 0) is 16.1 Å². The molecule has 2 N–H and O–H groups in total. The average molecular weight is 263 g/mol. The Morgan fingerprint density at radius 3 is 2.68 bits per heavy atom. The average Bonchev–Trinajstić information content (AvgIpc) is 2.86. The Hall–Kier alpha value is -2.04. The number of carboxylic acids is 1. The first-order valence-electron chi connectivity index (χ1n) is 6.37. The zero-order valence-corrected chi connectivity index (χ0v) is 10.5. The number of alkyl carbamates (subject to hydrolysis) is 1. The minimum absolute atomic E-state index is 0.192. The number of aliphatic carboxylic acids is 1. The maximum atomic E-state index is 11.6. The quantitative estimate of drug-likeness (QED) is 0.872. The molecular formula is C14H17NO4. The van der Waals surface area contributed by atoms with E-state index >= 15 is 0 Å². The van der Waals surface area contributed by atoms with Crippen molar-refractivity contribution in [1.29, 1.82) is 0 Å². The van der Waals surface area contributed by atoms with Crippen LogP contribution in [0.5, 0.6) is 0 Å². The smallest absolute Gasteiger partial charge is 0.407 e. The normalized spacial score (nSPS) is 21.9. The lowest BCUT2D eigenvalue weighted by molar-refractivity contribution is -0.142. The van der Waals surface area contributed by atoms with E-state index in [9.17, 15) is 9.59 Å². The van der Waals surface area contributed by atoms with Crippen LogP contribution in [-0.4, -0.2) is 23.2 Å². The van der Waals surface area contributed by atoms with Crippen LogP contribution in [0.1, 0.15) is 24.8 Å². The maximum absolute atomic E-state index is 11.6. The molecule has 1 saturated carbocycles. The number of ether oxygens (including phenoxy) is 1. The Morgan fingerprint density at radius 2 is 2.00 bits per heavy atom. The van der Waals surface area contributed by atoms with Crippen molar-refractivity contribution in [3.8, 4) is 0 Å². The molecule has 5 heteroatoms. The summed E-state index contributed by atoms with van der Waals surface area (Å²) in [5, 5.41) is 11.7. The van der Waals surface area contributed by atoms with Gasteiger partial charge in [-0.3, -0.25) is 4.79 Å². The van der Waals surface area contributed by atoms with Crippen LogP contribution in [0, 0.1) is 5.92 Å². The Morgan fingerprint density at radius 1 is 1.26 bits per heavy atom. The highest BCUT2D eigenvalue weighted by Crippen LogP contribution is 2.25. The van der Waals surface area contributed by atoms with Crippen LogP contribution in [0.4, 0.5) is 4.79 Å². The molecule has 1 aromatic rings. The van der Waals surface area contributed by atoms with Crippen LogP contribution in [0.15, 0.2) is 30.3 Å². The van der Waals surface area contributed by atoms with E-state index in [1.807, 2.05) is 30.3 Å². The van der Waals surface area contributed by atoms with Crippen molar-refractivity contribution in [3.05, 3.63) is 35.9 Å². The van der Waals surface area contributed by atoms with Crippen LogP contribution < -0.4 is 5.32 Å². The molecule has 19 heavy (non-hydrogen) atoms. The largest absolute Gasteiger partial charge is 0.481 e. The standard InChI is InChI=1S/C14H17NO4/c16-13(17)11-7-4-8-12(11)15-14(18)19-9-10-5-2-1-3-6-10/h1-3,5-6,11-12H,4,7-9H2,(H,15,18)(H,16,17). The maximum Gasteiger partial charge on any atom is 0.407 e. The van der Waals surface area contributed by atoms with E-state index in [1.165, 1.54) is 0 Å². The molecule has 2 rings (SSSR count). The molecule has 2 atom stereocenters. The molecule has 0 aromatic heterocycles.